The van der Waals surface area contributed by atoms with Crippen molar-refractivity contribution >= 4 is 70.6 Å². The van der Waals surface area contributed by atoms with Crippen LogP contribution in [0, 0.1) is 0 Å². The van der Waals surface area contributed by atoms with E-state index >= 15 is 0 Å². The lowest BCUT2D eigenvalue weighted by Gasteiger charge is -2.25. The second kappa shape index (κ2) is 52.6. The number of benzene rings is 1. The zero-order valence-electron chi connectivity index (χ0n) is 45.4. The molecular weight excluding hydrogens is 913 g/mol. The number of thioether (sulfide) groups is 6. The number of rotatable bonds is 54. The Kier molecular flexibility index (Phi) is 52.1. The predicted octanol–water partition coefficient (Wildman–Crippen LogP) is 24.7. The lowest BCUT2D eigenvalue weighted by atomic mass is 10.1. The molecule has 0 spiro atoms. The van der Waals surface area contributed by atoms with E-state index in [0.717, 1.165) is 0 Å². The second-order valence-corrected chi connectivity index (χ2v) is 26.4. The van der Waals surface area contributed by atoms with Gasteiger partial charge in [-0.05, 0) is 73.0 Å². The molecule has 0 fully saturated rings. The lowest BCUT2D eigenvalue weighted by molar-refractivity contribution is 0.602. The number of unbranched alkanes of at least 4 members (excludes halogenated alkanes) is 36. The highest BCUT2D eigenvalue weighted by atomic mass is 32.2. The van der Waals surface area contributed by atoms with Gasteiger partial charge in [-0.15, -0.1) is 70.6 Å². The molecule has 1 aromatic carbocycles. The van der Waals surface area contributed by atoms with Gasteiger partial charge in [0.1, 0.15) is 0 Å². The van der Waals surface area contributed by atoms with E-state index in [0.29, 0.717) is 0 Å². The third kappa shape index (κ3) is 37.1. The van der Waals surface area contributed by atoms with Crippen molar-refractivity contribution in [1.29, 1.82) is 0 Å². The molecular formula is C60H114S6. The van der Waals surface area contributed by atoms with Crippen LogP contribution in [0.25, 0.3) is 0 Å². The summed E-state index contributed by atoms with van der Waals surface area (Å²) in [6.45, 7) is 14.1. The first-order valence-corrected chi connectivity index (χ1v) is 35.6. The van der Waals surface area contributed by atoms with Gasteiger partial charge in [0, 0.05) is 29.4 Å². The number of hydrogen-bond acceptors (Lipinski definition) is 6. The van der Waals surface area contributed by atoms with E-state index in [1.807, 2.05) is 0 Å². The van der Waals surface area contributed by atoms with Crippen LogP contribution in [0.3, 0.4) is 0 Å². The van der Waals surface area contributed by atoms with E-state index in [-0.39, 0.29) is 0 Å². The highest BCUT2D eigenvalue weighted by Gasteiger charge is 2.26. The first kappa shape index (κ1) is 65.3. The Labute approximate surface area is 442 Å². The molecule has 1 aromatic rings. The molecule has 6 heteroatoms. The molecule has 0 atom stereocenters. The summed E-state index contributed by atoms with van der Waals surface area (Å²) in [5.74, 6) is 7.74. The summed E-state index contributed by atoms with van der Waals surface area (Å²) in [4.78, 5) is 10.4. The van der Waals surface area contributed by atoms with Crippen molar-refractivity contribution in [3.8, 4) is 0 Å². The fourth-order valence-electron chi connectivity index (χ4n) is 8.81. The van der Waals surface area contributed by atoms with Crippen molar-refractivity contribution in [3.05, 3.63) is 0 Å². The first-order valence-electron chi connectivity index (χ1n) is 29.7. The summed E-state index contributed by atoms with van der Waals surface area (Å²) >= 11 is 13.8. The normalized spacial score (nSPS) is 11.7. The van der Waals surface area contributed by atoms with Crippen LogP contribution in [0.4, 0.5) is 0 Å². The SMILES string of the molecule is CCCCCCCCCSc1c(SCCCCCCCCC)c(SCCCCCCCCC)c(SCCCCCCCCC)c(SCCCCCCCCC)c1SCCCCCCCCC. The maximum atomic E-state index is 2.35. The largest absolute Gasteiger partial charge is 0.124 e. The zero-order valence-corrected chi connectivity index (χ0v) is 50.3. The van der Waals surface area contributed by atoms with Crippen molar-refractivity contribution in [2.24, 2.45) is 0 Å². The predicted molar refractivity (Wildman–Crippen MR) is 319 cm³/mol. The zero-order chi connectivity index (χ0) is 47.6. The Morgan fingerprint density at radius 2 is 0.258 bits per heavy atom. The molecule has 0 N–H and O–H groups in total. The Bertz CT molecular complexity index is 894. The molecule has 0 saturated heterocycles. The van der Waals surface area contributed by atoms with E-state index < -0.39 is 0 Å². The van der Waals surface area contributed by atoms with Crippen LogP contribution < -0.4 is 0 Å². The van der Waals surface area contributed by atoms with E-state index in [1.54, 1.807) is 29.4 Å². The van der Waals surface area contributed by atoms with Gasteiger partial charge in [-0.1, -0.05) is 273 Å². The Morgan fingerprint density at radius 3 is 0.379 bits per heavy atom. The molecule has 0 amide bonds. The van der Waals surface area contributed by atoms with Gasteiger partial charge in [-0.25, -0.2) is 0 Å². The van der Waals surface area contributed by atoms with Crippen molar-refractivity contribution < 1.29 is 0 Å². The minimum atomic E-state index is 1.29. The molecule has 66 heavy (non-hydrogen) atoms. The van der Waals surface area contributed by atoms with Crippen molar-refractivity contribution in [3.63, 3.8) is 0 Å². The van der Waals surface area contributed by atoms with Crippen LogP contribution in [0.1, 0.15) is 311 Å². The molecule has 0 saturated carbocycles. The van der Waals surface area contributed by atoms with Crippen molar-refractivity contribution in [2.75, 3.05) is 34.5 Å². The Hall–Kier alpha value is 1.32. The molecule has 0 nitrogen and oxygen atoms in total. The average Bonchev–Trinajstić information content (AvgIpc) is 3.32. The summed E-state index contributed by atoms with van der Waals surface area (Å²) in [5, 5.41) is 0. The summed E-state index contributed by atoms with van der Waals surface area (Å²) in [5.41, 5.74) is 0. The fraction of sp³-hybridized carbons (Fsp3) is 0.900. The molecule has 0 unspecified atom stereocenters. The third-order valence-corrected chi connectivity index (χ3v) is 21.1. The van der Waals surface area contributed by atoms with Gasteiger partial charge >= 0.3 is 0 Å². The molecule has 0 bridgehead atoms. The summed E-state index contributed by atoms with van der Waals surface area (Å²) in [6, 6.07) is 0. The summed E-state index contributed by atoms with van der Waals surface area (Å²) in [7, 11) is 0. The van der Waals surface area contributed by atoms with Gasteiger partial charge in [0.15, 0.2) is 0 Å². The minimum Gasteiger partial charge on any atom is -0.124 e. The van der Waals surface area contributed by atoms with Crippen LogP contribution in [0.2, 0.25) is 0 Å². The molecule has 390 valence electrons. The van der Waals surface area contributed by atoms with E-state index in [2.05, 4.69) is 112 Å². The third-order valence-electron chi connectivity index (χ3n) is 13.2. The molecule has 1 rings (SSSR count). The quantitative estimate of drug-likeness (QED) is 0.0468. The van der Waals surface area contributed by atoms with E-state index in [4.69, 9.17) is 0 Å². The highest BCUT2D eigenvalue weighted by molar-refractivity contribution is 8.06. The van der Waals surface area contributed by atoms with Crippen LogP contribution in [0.5, 0.6) is 0 Å². The van der Waals surface area contributed by atoms with E-state index in [1.165, 1.54) is 304 Å². The van der Waals surface area contributed by atoms with Gasteiger partial charge in [0.2, 0.25) is 0 Å². The second-order valence-electron chi connectivity index (χ2n) is 19.8. The van der Waals surface area contributed by atoms with Gasteiger partial charge in [-0.2, -0.15) is 0 Å². The monoisotopic (exact) mass is 1030 g/mol. The first-order chi connectivity index (χ1) is 32.7. The maximum Gasteiger partial charge on any atom is 0.0368 e. The van der Waals surface area contributed by atoms with Gasteiger partial charge in [0.05, 0.1) is 0 Å². The highest BCUT2D eigenvalue weighted by Crippen LogP contribution is 2.55. The Morgan fingerprint density at radius 1 is 0.152 bits per heavy atom. The summed E-state index contributed by atoms with van der Waals surface area (Å²) in [6.07, 6.45) is 58.9. The smallest absolute Gasteiger partial charge is 0.0368 e. The van der Waals surface area contributed by atoms with Crippen molar-refractivity contribution in [2.45, 2.75) is 341 Å². The summed E-state index contributed by atoms with van der Waals surface area (Å²) < 4.78 is 0. The minimum absolute atomic E-state index is 1.29. The van der Waals surface area contributed by atoms with Crippen LogP contribution in [-0.4, -0.2) is 34.5 Å². The van der Waals surface area contributed by atoms with Gasteiger partial charge < -0.3 is 0 Å². The average molecular weight is 1030 g/mol. The van der Waals surface area contributed by atoms with Gasteiger partial charge in [0.25, 0.3) is 0 Å². The lowest BCUT2D eigenvalue weighted by Crippen LogP contribution is -2.01. The fourth-order valence-corrected chi connectivity index (χ4v) is 17.4. The standard InChI is InChI=1S/C60H114S6/c1-7-13-19-25-31-37-43-49-61-55-56(62-50-44-38-32-26-20-14-8-2)58(64-52-46-40-34-28-22-16-10-4)60(66-54-48-42-36-30-24-18-12-6)59(65-53-47-41-35-29-23-17-11-5)57(55)63-51-45-39-33-27-21-15-9-3/h7-54H2,1-6H3. The molecule has 0 heterocycles. The molecule has 0 radical (unpaired) electrons. The maximum absolute atomic E-state index is 2.35. The number of hydrogen-bond donors (Lipinski definition) is 0. The van der Waals surface area contributed by atoms with Crippen molar-refractivity contribution in [1.82, 2.24) is 0 Å². The molecule has 0 aliphatic carbocycles. The topological polar surface area (TPSA) is 0 Å². The van der Waals surface area contributed by atoms with Gasteiger partial charge in [-0.3, -0.25) is 0 Å². The van der Waals surface area contributed by atoms with Crippen LogP contribution in [-0.2, 0) is 0 Å². The van der Waals surface area contributed by atoms with Crippen LogP contribution in [0.15, 0.2) is 29.4 Å². The van der Waals surface area contributed by atoms with E-state index in [9.17, 15) is 0 Å². The molecule has 0 aromatic heterocycles. The molecule has 0 aliphatic rings. The Balaban J connectivity index is 3.72. The van der Waals surface area contributed by atoms with Crippen LogP contribution >= 0.6 is 70.6 Å². The molecule has 0 aliphatic heterocycles.